The van der Waals surface area contributed by atoms with E-state index in [0.717, 1.165) is 6.07 Å². The van der Waals surface area contributed by atoms with Gasteiger partial charge in [-0.05, 0) is 17.7 Å². The maximum atomic E-state index is 13.5. The number of nitrogens with zero attached hydrogens (tertiary/aromatic N) is 4. The summed E-state index contributed by atoms with van der Waals surface area (Å²) >= 11 is 5.83. The second kappa shape index (κ2) is 5.97. The number of rotatable bonds is 2. The van der Waals surface area contributed by atoms with Gasteiger partial charge in [0, 0.05) is 6.42 Å². The van der Waals surface area contributed by atoms with E-state index in [-0.39, 0.29) is 22.5 Å². The summed E-state index contributed by atoms with van der Waals surface area (Å²) in [4.78, 5) is 6.86. The molecule has 3 aromatic rings. The molecule has 1 saturated carbocycles. The van der Waals surface area contributed by atoms with Crippen molar-refractivity contribution in [2.75, 3.05) is 0 Å². The fraction of sp³-hybridized carbons (Fsp3) is 0.353. The van der Waals surface area contributed by atoms with Crippen molar-refractivity contribution in [2.45, 2.75) is 36.1 Å². The summed E-state index contributed by atoms with van der Waals surface area (Å²) in [7, 11) is 0. The summed E-state index contributed by atoms with van der Waals surface area (Å²) in [5.74, 6) is 4.69. The molecule has 1 saturated heterocycles. The topological polar surface area (TPSA) is 155 Å². The minimum Gasteiger partial charge on any atom is -0.387 e. The van der Waals surface area contributed by atoms with Crippen LogP contribution in [0.15, 0.2) is 35.8 Å². The lowest BCUT2D eigenvalue weighted by atomic mass is 9.99. The minimum atomic E-state index is -1.65. The molecule has 2 aromatic heterocycles. The lowest BCUT2D eigenvalue weighted by Crippen LogP contribution is -2.38. The van der Waals surface area contributed by atoms with Gasteiger partial charge in [0.1, 0.15) is 34.9 Å². The SMILES string of the molecule is N/N=c1/nc[nH]c2c1cnn2[C@@H]1O[C@@]2(C[C@@]2(O)c2ccc(F)c(Cl)c2)[C@@H](O)[C@H]1O. The first kappa shape index (κ1) is 18.5. The molecule has 12 heteroatoms. The number of H-pyrrole nitrogens is 1. The molecule has 0 radical (unpaired) electrons. The van der Waals surface area contributed by atoms with Gasteiger partial charge in [0.25, 0.3) is 0 Å². The summed E-state index contributed by atoms with van der Waals surface area (Å²) in [5, 5.41) is 40.6. The third-order valence-corrected chi connectivity index (χ3v) is 5.99. The van der Waals surface area contributed by atoms with Crippen molar-refractivity contribution in [1.29, 1.82) is 0 Å². The van der Waals surface area contributed by atoms with Crippen LogP contribution in [0.3, 0.4) is 0 Å². The van der Waals surface area contributed by atoms with Crippen LogP contribution in [0.1, 0.15) is 18.2 Å². The number of nitrogens with one attached hydrogen (secondary N) is 1. The average molecular weight is 423 g/mol. The van der Waals surface area contributed by atoms with Gasteiger partial charge < -0.3 is 30.9 Å². The minimum absolute atomic E-state index is 0.00938. The Morgan fingerprint density at radius 1 is 1.41 bits per heavy atom. The number of aromatic amines is 1. The highest BCUT2D eigenvalue weighted by Crippen LogP contribution is 2.65. The fourth-order valence-electron chi connectivity index (χ4n) is 4.09. The highest BCUT2D eigenvalue weighted by Gasteiger charge is 2.78. The van der Waals surface area contributed by atoms with Gasteiger partial charge in [-0.1, -0.05) is 17.7 Å². The van der Waals surface area contributed by atoms with Gasteiger partial charge in [-0.2, -0.15) is 10.2 Å². The molecule has 0 bridgehead atoms. The molecule has 1 aliphatic heterocycles. The van der Waals surface area contributed by atoms with E-state index in [1.54, 1.807) is 0 Å². The zero-order valence-corrected chi connectivity index (χ0v) is 15.5. The second-order valence-corrected chi connectivity index (χ2v) is 7.61. The molecular weight excluding hydrogens is 407 g/mol. The molecule has 1 spiro atoms. The zero-order chi connectivity index (χ0) is 20.6. The van der Waals surface area contributed by atoms with E-state index < -0.39 is 35.5 Å². The molecule has 3 heterocycles. The van der Waals surface area contributed by atoms with E-state index in [4.69, 9.17) is 22.2 Å². The maximum absolute atomic E-state index is 13.5. The van der Waals surface area contributed by atoms with Crippen molar-refractivity contribution in [2.24, 2.45) is 10.9 Å². The van der Waals surface area contributed by atoms with Crippen LogP contribution in [0.25, 0.3) is 11.0 Å². The van der Waals surface area contributed by atoms with Crippen LogP contribution in [0, 0.1) is 5.82 Å². The Balaban J connectivity index is 1.55. The number of hydrogen-bond acceptors (Lipinski definition) is 8. The zero-order valence-electron chi connectivity index (χ0n) is 14.7. The lowest BCUT2D eigenvalue weighted by molar-refractivity contribution is -0.0927. The van der Waals surface area contributed by atoms with Crippen LogP contribution in [-0.2, 0) is 10.3 Å². The van der Waals surface area contributed by atoms with Crippen LogP contribution in [-0.4, -0.2) is 52.9 Å². The maximum Gasteiger partial charge on any atom is 0.185 e. The molecular formula is C17H16ClFN6O4. The van der Waals surface area contributed by atoms with E-state index >= 15 is 0 Å². The highest BCUT2D eigenvalue weighted by atomic mass is 35.5. The Hall–Kier alpha value is -2.57. The van der Waals surface area contributed by atoms with Gasteiger partial charge >= 0.3 is 0 Å². The van der Waals surface area contributed by atoms with Gasteiger partial charge in [-0.25, -0.2) is 14.1 Å². The summed E-state index contributed by atoms with van der Waals surface area (Å²) in [6, 6.07) is 3.76. The molecule has 2 aliphatic rings. The number of aliphatic hydroxyl groups excluding tert-OH is 2. The van der Waals surface area contributed by atoms with Gasteiger partial charge in [0.05, 0.1) is 22.9 Å². The van der Waals surface area contributed by atoms with Gasteiger partial charge in [0.15, 0.2) is 11.7 Å². The number of halogens is 2. The van der Waals surface area contributed by atoms with Crippen molar-refractivity contribution in [3.63, 3.8) is 0 Å². The van der Waals surface area contributed by atoms with Crippen molar-refractivity contribution in [3.8, 4) is 0 Å². The predicted molar refractivity (Wildman–Crippen MR) is 96.4 cm³/mol. The summed E-state index contributed by atoms with van der Waals surface area (Å²) in [5.41, 5.74) is -2.22. The standard InChI is InChI=1S/C17H16ClFN6O4/c18-9-3-7(1-2-10(9)19)16(28)5-17(16)12(27)11(26)15(29-17)25-14-8(4-23-25)13(24-20)21-6-22-14/h1-4,6,11-12,15,26-28H,5,20H2,(H,21,22,24)/t11-,12+,15-,16-,17+/m1/s1. The number of fused-ring (bicyclic) bond motifs is 1. The second-order valence-electron chi connectivity index (χ2n) is 7.21. The van der Waals surface area contributed by atoms with E-state index in [1.807, 2.05) is 0 Å². The van der Waals surface area contributed by atoms with Crippen LogP contribution in [0.2, 0.25) is 5.02 Å². The van der Waals surface area contributed by atoms with E-state index in [2.05, 4.69) is 20.2 Å². The molecule has 152 valence electrons. The Morgan fingerprint density at radius 2 is 2.21 bits per heavy atom. The molecule has 10 nitrogen and oxygen atoms in total. The molecule has 2 fully saturated rings. The quantitative estimate of drug-likeness (QED) is 0.278. The van der Waals surface area contributed by atoms with Crippen LogP contribution in [0.4, 0.5) is 4.39 Å². The van der Waals surface area contributed by atoms with Crippen LogP contribution < -0.4 is 11.3 Å². The van der Waals surface area contributed by atoms with Crippen molar-refractivity contribution in [3.05, 3.63) is 52.6 Å². The van der Waals surface area contributed by atoms with E-state index in [1.165, 1.54) is 29.3 Å². The highest BCUT2D eigenvalue weighted by molar-refractivity contribution is 6.30. The first-order valence-corrected chi connectivity index (χ1v) is 9.07. The third kappa shape index (κ3) is 2.33. The predicted octanol–water partition coefficient (Wildman–Crippen LogP) is -0.393. The molecule has 1 aliphatic carbocycles. The monoisotopic (exact) mass is 422 g/mol. The Bertz CT molecular complexity index is 1200. The molecule has 6 N–H and O–H groups in total. The van der Waals surface area contributed by atoms with E-state index in [0.29, 0.717) is 11.0 Å². The number of aliphatic hydroxyl groups is 3. The number of ether oxygens (including phenoxy) is 1. The normalized spacial score (nSPS) is 34.4. The Morgan fingerprint density at radius 3 is 2.93 bits per heavy atom. The van der Waals surface area contributed by atoms with Gasteiger partial charge in [-0.15, -0.1) is 0 Å². The molecule has 0 amide bonds. The number of nitrogens with two attached hydrogens (primary N) is 1. The first-order chi connectivity index (χ1) is 13.8. The van der Waals surface area contributed by atoms with Crippen LogP contribution in [0.5, 0.6) is 0 Å². The molecule has 1 aromatic carbocycles. The largest absolute Gasteiger partial charge is 0.387 e. The smallest absolute Gasteiger partial charge is 0.185 e. The lowest BCUT2D eigenvalue weighted by Gasteiger charge is -2.20. The first-order valence-electron chi connectivity index (χ1n) is 8.69. The number of hydrogen-bond donors (Lipinski definition) is 5. The Labute approximate surface area is 167 Å². The van der Waals surface area contributed by atoms with Crippen molar-refractivity contribution < 1.29 is 24.4 Å². The summed E-state index contributed by atoms with van der Waals surface area (Å²) < 4.78 is 20.8. The average Bonchev–Trinajstić information content (AvgIpc) is 2.99. The molecule has 5 rings (SSSR count). The molecule has 0 unspecified atom stereocenters. The van der Waals surface area contributed by atoms with Crippen LogP contribution >= 0.6 is 11.6 Å². The number of aromatic nitrogens is 4. The van der Waals surface area contributed by atoms with Gasteiger partial charge in [0.2, 0.25) is 0 Å². The van der Waals surface area contributed by atoms with Gasteiger partial charge in [-0.3, -0.25) is 0 Å². The molecule has 5 atom stereocenters. The fourth-order valence-corrected chi connectivity index (χ4v) is 4.28. The van der Waals surface area contributed by atoms with E-state index in [9.17, 15) is 19.7 Å². The van der Waals surface area contributed by atoms with Crippen molar-refractivity contribution >= 4 is 22.6 Å². The third-order valence-electron chi connectivity index (χ3n) is 5.70. The Kier molecular flexibility index (Phi) is 3.80. The molecule has 29 heavy (non-hydrogen) atoms. The summed E-state index contributed by atoms with van der Waals surface area (Å²) in [6.45, 7) is 0. The number of benzene rings is 1. The van der Waals surface area contributed by atoms with Crippen molar-refractivity contribution in [1.82, 2.24) is 19.7 Å². The summed E-state index contributed by atoms with van der Waals surface area (Å²) in [6.07, 6.45) is -1.16.